The number of nitrogen functional groups attached to an aromatic ring is 1. The third kappa shape index (κ3) is 3.62. The molecule has 1 aromatic rings. The van der Waals surface area contributed by atoms with Crippen molar-refractivity contribution in [3.8, 4) is 0 Å². The Hall–Kier alpha value is -1.25. The maximum atomic E-state index is 12.0. The molecular formula is C10H19N5O2S. The average Bonchev–Trinajstić information content (AvgIpc) is 2.37. The topological polar surface area (TPSA) is 110 Å². The summed E-state index contributed by atoms with van der Waals surface area (Å²) in [6.07, 6.45) is 3.33. The first-order valence-corrected chi connectivity index (χ1v) is 7.20. The fourth-order valence-electron chi connectivity index (χ4n) is 1.31. The van der Waals surface area contributed by atoms with Crippen LogP contribution in [0.4, 0.5) is 5.95 Å². The summed E-state index contributed by atoms with van der Waals surface area (Å²) >= 11 is 0. The molecule has 0 aromatic carbocycles. The van der Waals surface area contributed by atoms with Gasteiger partial charge in [-0.1, -0.05) is 20.3 Å². The number of anilines is 1. The highest BCUT2D eigenvalue weighted by Gasteiger charge is 2.21. The highest BCUT2D eigenvalue weighted by atomic mass is 32.2. The molecule has 102 valence electrons. The van der Waals surface area contributed by atoms with E-state index in [0.717, 1.165) is 6.42 Å². The van der Waals surface area contributed by atoms with E-state index < -0.39 is 10.0 Å². The number of hydrogen-bond donors (Lipinski definition) is 3. The quantitative estimate of drug-likeness (QED) is 0.513. The molecule has 0 bridgehead atoms. The molecule has 18 heavy (non-hydrogen) atoms. The number of rotatable bonds is 6. The van der Waals surface area contributed by atoms with Gasteiger partial charge in [-0.15, -0.1) is 0 Å². The van der Waals surface area contributed by atoms with Crippen LogP contribution in [0, 0.1) is 5.92 Å². The largest absolute Gasteiger partial charge is 0.292 e. The summed E-state index contributed by atoms with van der Waals surface area (Å²) in [4.78, 5) is 7.56. The molecule has 0 amide bonds. The van der Waals surface area contributed by atoms with Crippen molar-refractivity contribution in [3.05, 3.63) is 12.4 Å². The van der Waals surface area contributed by atoms with Crippen molar-refractivity contribution >= 4 is 16.0 Å². The minimum absolute atomic E-state index is 0.0247. The predicted octanol–water partition coefficient (Wildman–Crippen LogP) is 0.475. The zero-order valence-electron chi connectivity index (χ0n) is 10.7. The normalized spacial score (nSPS) is 15.1. The van der Waals surface area contributed by atoms with Crippen LogP contribution >= 0.6 is 0 Å². The van der Waals surface area contributed by atoms with Crippen LogP contribution in [-0.4, -0.2) is 24.4 Å². The molecule has 1 heterocycles. The first-order valence-electron chi connectivity index (χ1n) is 5.71. The van der Waals surface area contributed by atoms with Crippen LogP contribution in [-0.2, 0) is 10.0 Å². The van der Waals surface area contributed by atoms with Crippen LogP contribution in [0.25, 0.3) is 0 Å². The van der Waals surface area contributed by atoms with Crippen LogP contribution in [0.2, 0.25) is 0 Å². The maximum Gasteiger partial charge on any atom is 0.243 e. The molecule has 4 N–H and O–H groups in total. The summed E-state index contributed by atoms with van der Waals surface area (Å²) in [6, 6.07) is -0.146. The summed E-state index contributed by atoms with van der Waals surface area (Å²) in [6.45, 7) is 5.84. The van der Waals surface area contributed by atoms with E-state index in [4.69, 9.17) is 5.84 Å². The molecular weight excluding hydrogens is 254 g/mol. The van der Waals surface area contributed by atoms with Crippen molar-refractivity contribution in [2.24, 2.45) is 11.8 Å². The molecule has 8 heteroatoms. The van der Waals surface area contributed by atoms with E-state index >= 15 is 0 Å². The molecule has 0 aliphatic rings. The van der Waals surface area contributed by atoms with E-state index in [2.05, 4.69) is 20.1 Å². The molecule has 1 rings (SSSR count). The van der Waals surface area contributed by atoms with Gasteiger partial charge in [0.25, 0.3) is 0 Å². The van der Waals surface area contributed by atoms with Crippen LogP contribution in [0.3, 0.4) is 0 Å². The maximum absolute atomic E-state index is 12.0. The fourth-order valence-corrected chi connectivity index (χ4v) is 2.55. The van der Waals surface area contributed by atoms with Gasteiger partial charge in [-0.05, 0) is 12.8 Å². The highest BCUT2D eigenvalue weighted by Crippen LogP contribution is 2.12. The Bertz CT molecular complexity index is 474. The lowest BCUT2D eigenvalue weighted by molar-refractivity contribution is 0.434. The number of nitrogens with zero attached hydrogens (tertiary/aromatic N) is 2. The molecule has 0 saturated carbocycles. The monoisotopic (exact) mass is 273 g/mol. The van der Waals surface area contributed by atoms with Gasteiger partial charge in [-0.25, -0.2) is 29.0 Å². The predicted molar refractivity (Wildman–Crippen MR) is 69.1 cm³/mol. The number of aromatic nitrogens is 2. The Morgan fingerprint density at radius 1 is 1.33 bits per heavy atom. The van der Waals surface area contributed by atoms with Gasteiger partial charge in [-0.3, -0.25) is 5.43 Å². The van der Waals surface area contributed by atoms with Gasteiger partial charge in [0.15, 0.2) is 0 Å². The smallest absolute Gasteiger partial charge is 0.243 e. The van der Waals surface area contributed by atoms with Crippen LogP contribution in [0.1, 0.15) is 27.2 Å². The zero-order chi connectivity index (χ0) is 13.8. The number of hydrazine groups is 1. The molecule has 2 unspecified atom stereocenters. The minimum atomic E-state index is -3.58. The number of hydrogen-bond acceptors (Lipinski definition) is 6. The molecule has 2 atom stereocenters. The van der Waals surface area contributed by atoms with Crippen LogP contribution in [0.15, 0.2) is 17.3 Å². The van der Waals surface area contributed by atoms with E-state index in [9.17, 15) is 8.42 Å². The van der Waals surface area contributed by atoms with Gasteiger partial charge in [0.2, 0.25) is 16.0 Å². The van der Waals surface area contributed by atoms with E-state index in [-0.39, 0.29) is 22.8 Å². The minimum Gasteiger partial charge on any atom is -0.292 e. The van der Waals surface area contributed by atoms with E-state index in [1.165, 1.54) is 12.4 Å². The number of nitrogens with one attached hydrogen (secondary N) is 2. The summed E-state index contributed by atoms with van der Waals surface area (Å²) in [5.74, 6) is 5.53. The number of sulfonamides is 1. The van der Waals surface area contributed by atoms with Crippen LogP contribution < -0.4 is 16.0 Å². The Balaban J connectivity index is 2.85. The van der Waals surface area contributed by atoms with Crippen molar-refractivity contribution < 1.29 is 8.42 Å². The average molecular weight is 273 g/mol. The van der Waals surface area contributed by atoms with Gasteiger partial charge < -0.3 is 0 Å². The van der Waals surface area contributed by atoms with Gasteiger partial charge in [0, 0.05) is 6.04 Å². The van der Waals surface area contributed by atoms with E-state index in [1.807, 2.05) is 20.8 Å². The third-order valence-electron chi connectivity index (χ3n) is 2.91. The Kier molecular flexibility index (Phi) is 5.00. The molecule has 0 spiro atoms. The lowest BCUT2D eigenvalue weighted by Gasteiger charge is -2.19. The summed E-state index contributed by atoms with van der Waals surface area (Å²) in [5, 5.41) is 0. The summed E-state index contributed by atoms with van der Waals surface area (Å²) in [5.41, 5.74) is 2.24. The summed E-state index contributed by atoms with van der Waals surface area (Å²) in [7, 11) is -3.58. The Morgan fingerprint density at radius 2 is 1.89 bits per heavy atom. The second-order valence-corrected chi connectivity index (χ2v) is 5.90. The molecule has 0 aliphatic heterocycles. The van der Waals surface area contributed by atoms with Crippen molar-refractivity contribution in [2.45, 2.75) is 38.1 Å². The van der Waals surface area contributed by atoms with Crippen molar-refractivity contribution in [2.75, 3.05) is 5.43 Å². The second kappa shape index (κ2) is 6.07. The fraction of sp³-hybridized carbons (Fsp3) is 0.600. The van der Waals surface area contributed by atoms with Crippen molar-refractivity contribution in [1.82, 2.24) is 14.7 Å². The number of nitrogens with two attached hydrogens (primary N) is 1. The molecule has 7 nitrogen and oxygen atoms in total. The van der Waals surface area contributed by atoms with Gasteiger partial charge in [-0.2, -0.15) is 0 Å². The molecule has 0 saturated heterocycles. The highest BCUT2D eigenvalue weighted by molar-refractivity contribution is 7.89. The van der Waals surface area contributed by atoms with Gasteiger partial charge in [0.1, 0.15) is 4.90 Å². The Morgan fingerprint density at radius 3 is 2.33 bits per heavy atom. The zero-order valence-corrected chi connectivity index (χ0v) is 11.5. The molecule has 1 aromatic heterocycles. The summed E-state index contributed by atoms with van der Waals surface area (Å²) < 4.78 is 26.6. The van der Waals surface area contributed by atoms with Gasteiger partial charge >= 0.3 is 0 Å². The van der Waals surface area contributed by atoms with Crippen LogP contribution in [0.5, 0.6) is 0 Å². The second-order valence-electron chi connectivity index (χ2n) is 4.18. The third-order valence-corrected chi connectivity index (χ3v) is 4.42. The first kappa shape index (κ1) is 14.8. The van der Waals surface area contributed by atoms with E-state index in [0.29, 0.717) is 0 Å². The van der Waals surface area contributed by atoms with Crippen molar-refractivity contribution in [3.63, 3.8) is 0 Å². The SMILES string of the molecule is CCC(C)C(C)NS(=O)(=O)c1cnc(NN)nc1. The first-order chi connectivity index (χ1) is 8.40. The standard InChI is InChI=1S/C10H19N5O2S/c1-4-7(2)8(3)15-18(16,17)9-5-12-10(14-11)13-6-9/h5-8,15H,4,11H2,1-3H3,(H,12,13,14). The Labute approximate surface area is 107 Å². The van der Waals surface area contributed by atoms with Crippen molar-refractivity contribution in [1.29, 1.82) is 0 Å². The lowest BCUT2D eigenvalue weighted by atomic mass is 10.0. The molecule has 0 aliphatic carbocycles. The molecule has 0 radical (unpaired) electrons. The molecule has 0 fully saturated rings. The van der Waals surface area contributed by atoms with E-state index in [1.54, 1.807) is 0 Å². The lowest BCUT2D eigenvalue weighted by Crippen LogP contribution is -2.37. The van der Waals surface area contributed by atoms with Gasteiger partial charge in [0.05, 0.1) is 12.4 Å².